The van der Waals surface area contributed by atoms with E-state index in [9.17, 15) is 9.59 Å². The molecule has 31 heavy (non-hydrogen) atoms. The van der Waals surface area contributed by atoms with Gasteiger partial charge >= 0.3 is 5.97 Å². The molecule has 1 aromatic heterocycles. The van der Waals surface area contributed by atoms with E-state index in [-0.39, 0.29) is 23.5 Å². The fourth-order valence-corrected chi connectivity index (χ4v) is 6.25. The third kappa shape index (κ3) is 3.97. The van der Waals surface area contributed by atoms with Crippen molar-refractivity contribution in [2.24, 2.45) is 0 Å². The van der Waals surface area contributed by atoms with Crippen molar-refractivity contribution in [2.75, 3.05) is 17.7 Å². The highest BCUT2D eigenvalue weighted by atomic mass is 32.2. The predicted molar refractivity (Wildman–Crippen MR) is 127 cm³/mol. The number of anilines is 1. The number of fused-ring (bicyclic) bond motifs is 3. The Morgan fingerprint density at radius 3 is 2.74 bits per heavy atom. The number of aryl methyl sites for hydroxylation is 1. The zero-order valence-electron chi connectivity index (χ0n) is 17.5. The fourth-order valence-electron chi connectivity index (χ4n) is 3.83. The van der Waals surface area contributed by atoms with E-state index in [0.717, 1.165) is 31.7 Å². The SMILES string of the molecule is CCOC(=O)CSC1=C2C(=N)n3cccc3C2C(C(=O)Nc2ccccc2C)=C(C)S1. The van der Waals surface area contributed by atoms with Gasteiger partial charge in [0.1, 0.15) is 5.84 Å². The summed E-state index contributed by atoms with van der Waals surface area (Å²) in [6.45, 7) is 6.00. The van der Waals surface area contributed by atoms with Crippen molar-refractivity contribution in [3.63, 3.8) is 0 Å². The number of nitrogens with one attached hydrogen (secondary N) is 2. The Hall–Kier alpha value is -2.71. The minimum Gasteiger partial charge on any atom is -0.465 e. The number of hydrogen-bond donors (Lipinski definition) is 2. The van der Waals surface area contributed by atoms with Crippen LogP contribution in [-0.2, 0) is 14.3 Å². The third-order valence-corrected chi connectivity index (χ3v) is 7.66. The highest BCUT2D eigenvalue weighted by Crippen LogP contribution is 2.53. The molecule has 0 spiro atoms. The van der Waals surface area contributed by atoms with E-state index in [1.165, 1.54) is 23.5 Å². The van der Waals surface area contributed by atoms with E-state index >= 15 is 0 Å². The molecule has 1 unspecified atom stereocenters. The lowest BCUT2D eigenvalue weighted by Crippen LogP contribution is -2.23. The molecule has 0 bridgehead atoms. The van der Waals surface area contributed by atoms with E-state index in [2.05, 4.69) is 5.32 Å². The Balaban J connectivity index is 1.69. The quantitative estimate of drug-likeness (QED) is 0.609. The number of nitrogens with zero attached hydrogens (tertiary/aromatic N) is 1. The highest BCUT2D eigenvalue weighted by molar-refractivity contribution is 8.24. The summed E-state index contributed by atoms with van der Waals surface area (Å²) in [4.78, 5) is 26.2. The number of benzene rings is 1. The summed E-state index contributed by atoms with van der Waals surface area (Å²) in [7, 11) is 0. The van der Waals surface area contributed by atoms with Crippen LogP contribution in [-0.4, -0.2) is 34.6 Å². The van der Waals surface area contributed by atoms with Gasteiger partial charge in [-0.15, -0.1) is 11.8 Å². The maximum absolute atomic E-state index is 13.4. The highest BCUT2D eigenvalue weighted by Gasteiger charge is 2.43. The number of ether oxygens (including phenoxy) is 1. The first-order valence-electron chi connectivity index (χ1n) is 9.97. The molecule has 0 fully saturated rings. The number of carbonyl (C=O) groups excluding carboxylic acids is 2. The van der Waals surface area contributed by atoms with Gasteiger partial charge in [-0.05, 0) is 49.4 Å². The minimum atomic E-state index is -0.336. The standard InChI is InChI=1S/C23H23N3O3S2/c1-4-29-17(27)12-30-23-20-19(16-10-7-11-26(16)21(20)24)18(14(3)31-23)22(28)25-15-9-6-5-8-13(15)2/h5-11,19,24H,4,12H2,1-3H3,(H,25,28). The average Bonchev–Trinajstić information content (AvgIpc) is 3.31. The molecule has 1 amide bonds. The number of thioether (sulfide) groups is 2. The summed E-state index contributed by atoms with van der Waals surface area (Å²) in [6.07, 6.45) is 1.84. The van der Waals surface area contributed by atoms with Crippen LogP contribution in [0.5, 0.6) is 0 Å². The van der Waals surface area contributed by atoms with Gasteiger partial charge in [0.15, 0.2) is 0 Å². The van der Waals surface area contributed by atoms with Gasteiger partial charge in [0.05, 0.1) is 22.5 Å². The van der Waals surface area contributed by atoms with Crippen LogP contribution in [0.1, 0.15) is 31.0 Å². The molecule has 160 valence electrons. The van der Waals surface area contributed by atoms with Crippen LogP contribution in [0.3, 0.4) is 0 Å². The number of esters is 1. The molecule has 0 saturated carbocycles. The van der Waals surface area contributed by atoms with Crippen LogP contribution in [0.25, 0.3) is 0 Å². The molecule has 1 aromatic carbocycles. The lowest BCUT2D eigenvalue weighted by atomic mass is 9.89. The summed E-state index contributed by atoms with van der Waals surface area (Å²) in [5.41, 5.74) is 4.07. The lowest BCUT2D eigenvalue weighted by Gasteiger charge is -2.26. The van der Waals surface area contributed by atoms with Gasteiger partial charge in [-0.1, -0.05) is 30.0 Å². The van der Waals surface area contributed by atoms with Crippen molar-refractivity contribution < 1.29 is 14.3 Å². The molecule has 2 aromatic rings. The molecule has 8 heteroatoms. The summed E-state index contributed by atoms with van der Waals surface area (Å²) in [5, 5.41) is 11.8. The monoisotopic (exact) mass is 453 g/mol. The van der Waals surface area contributed by atoms with E-state index in [1.807, 2.05) is 61.0 Å². The second kappa shape index (κ2) is 8.80. The molecule has 0 saturated heterocycles. The zero-order valence-corrected chi connectivity index (χ0v) is 19.2. The van der Waals surface area contributed by atoms with E-state index in [1.54, 1.807) is 6.92 Å². The van der Waals surface area contributed by atoms with Crippen LogP contribution in [0, 0.1) is 12.3 Å². The average molecular weight is 454 g/mol. The van der Waals surface area contributed by atoms with E-state index in [4.69, 9.17) is 10.1 Å². The molecular weight excluding hydrogens is 430 g/mol. The Morgan fingerprint density at radius 1 is 1.23 bits per heavy atom. The molecule has 2 N–H and O–H groups in total. The van der Waals surface area contributed by atoms with Crippen molar-refractivity contribution in [3.05, 3.63) is 74.1 Å². The first kappa shape index (κ1) is 21.5. The Morgan fingerprint density at radius 2 is 2.00 bits per heavy atom. The van der Waals surface area contributed by atoms with Crippen molar-refractivity contribution in [1.29, 1.82) is 5.41 Å². The molecule has 4 rings (SSSR count). The van der Waals surface area contributed by atoms with Gasteiger partial charge in [-0.3, -0.25) is 15.0 Å². The number of para-hydroxylation sites is 1. The molecule has 2 aliphatic rings. The maximum Gasteiger partial charge on any atom is 0.316 e. The van der Waals surface area contributed by atoms with Gasteiger partial charge in [-0.2, -0.15) is 0 Å². The third-order valence-electron chi connectivity index (χ3n) is 5.26. The Labute approximate surface area is 189 Å². The van der Waals surface area contributed by atoms with Gasteiger partial charge in [0.2, 0.25) is 0 Å². The Bertz CT molecular complexity index is 1150. The summed E-state index contributed by atoms with van der Waals surface area (Å²) < 4.78 is 7.74. The second-order valence-corrected chi connectivity index (χ2v) is 9.69. The van der Waals surface area contributed by atoms with Crippen molar-refractivity contribution >= 4 is 46.9 Å². The first-order chi connectivity index (χ1) is 14.9. The topological polar surface area (TPSA) is 84.2 Å². The van der Waals surface area contributed by atoms with Crippen LogP contribution >= 0.6 is 23.5 Å². The van der Waals surface area contributed by atoms with Gasteiger partial charge in [0.25, 0.3) is 5.91 Å². The fraction of sp³-hybridized carbons (Fsp3) is 0.261. The number of amides is 1. The summed E-state index contributed by atoms with van der Waals surface area (Å²) in [5.74, 6) is -0.271. The van der Waals surface area contributed by atoms with Gasteiger partial charge < -0.3 is 14.6 Å². The molecule has 6 nitrogen and oxygen atoms in total. The smallest absolute Gasteiger partial charge is 0.316 e. The summed E-state index contributed by atoms with van der Waals surface area (Å²) in [6, 6.07) is 11.5. The molecule has 1 atom stereocenters. The van der Waals surface area contributed by atoms with Crippen molar-refractivity contribution in [2.45, 2.75) is 26.7 Å². The number of carbonyl (C=O) groups is 2. The first-order valence-corrected chi connectivity index (χ1v) is 11.8. The zero-order chi connectivity index (χ0) is 22.1. The number of rotatable bonds is 6. The second-order valence-electron chi connectivity index (χ2n) is 7.22. The molecule has 0 aliphatic carbocycles. The molecule has 3 heterocycles. The van der Waals surface area contributed by atoms with Gasteiger partial charge in [0, 0.05) is 28.7 Å². The van der Waals surface area contributed by atoms with E-state index < -0.39 is 0 Å². The van der Waals surface area contributed by atoms with Crippen molar-refractivity contribution in [1.82, 2.24) is 4.57 Å². The Kier molecular flexibility index (Phi) is 6.11. The number of aromatic nitrogens is 1. The normalized spacial score (nSPS) is 17.5. The van der Waals surface area contributed by atoms with Crippen LogP contribution in [0.2, 0.25) is 0 Å². The lowest BCUT2D eigenvalue weighted by molar-refractivity contribution is -0.139. The van der Waals surface area contributed by atoms with Crippen LogP contribution in [0.4, 0.5) is 5.69 Å². The predicted octanol–water partition coefficient (Wildman–Crippen LogP) is 4.89. The minimum absolute atomic E-state index is 0.168. The maximum atomic E-state index is 13.4. The number of hydrogen-bond acceptors (Lipinski definition) is 6. The summed E-state index contributed by atoms with van der Waals surface area (Å²) >= 11 is 2.82. The molecular formula is C23H23N3O3S2. The van der Waals surface area contributed by atoms with Crippen LogP contribution < -0.4 is 5.32 Å². The largest absolute Gasteiger partial charge is 0.465 e. The van der Waals surface area contributed by atoms with Gasteiger partial charge in [-0.25, -0.2) is 0 Å². The van der Waals surface area contributed by atoms with Crippen molar-refractivity contribution in [3.8, 4) is 0 Å². The number of allylic oxidation sites excluding steroid dienone is 2. The van der Waals surface area contributed by atoms with E-state index in [0.29, 0.717) is 18.0 Å². The molecule has 0 radical (unpaired) electrons. The molecule has 2 aliphatic heterocycles. The van der Waals surface area contributed by atoms with Crippen LogP contribution in [0.15, 0.2) is 62.9 Å².